The molecule has 2 heterocycles. The van der Waals surface area contributed by atoms with E-state index in [0.717, 1.165) is 40.8 Å². The molecule has 1 amide bonds. The fourth-order valence-electron chi connectivity index (χ4n) is 4.38. The maximum atomic E-state index is 13.0. The van der Waals surface area contributed by atoms with Gasteiger partial charge in [0.2, 0.25) is 0 Å². The Morgan fingerprint density at radius 1 is 1.00 bits per heavy atom. The first-order valence-electron chi connectivity index (χ1n) is 10.7. The number of carbonyl (C=O) groups is 1. The van der Waals surface area contributed by atoms with E-state index in [1.165, 1.54) is 11.1 Å². The lowest BCUT2D eigenvalue weighted by Crippen LogP contribution is -2.38. The van der Waals surface area contributed by atoms with Crippen LogP contribution in [0.3, 0.4) is 0 Å². The van der Waals surface area contributed by atoms with Crippen LogP contribution in [0.15, 0.2) is 66.7 Å². The largest absolute Gasteiger partial charge is 0.508 e. The van der Waals surface area contributed by atoms with Crippen molar-refractivity contribution in [2.45, 2.75) is 25.7 Å². The smallest absolute Gasteiger partial charge is 0.253 e. The number of imidazole rings is 1. The Balaban J connectivity index is 1.25. The number of aryl methyl sites for hydroxylation is 1. The maximum absolute atomic E-state index is 13.0. The maximum Gasteiger partial charge on any atom is 0.253 e. The highest BCUT2D eigenvalue weighted by Gasteiger charge is 2.26. The van der Waals surface area contributed by atoms with E-state index in [1.54, 1.807) is 12.1 Å². The molecule has 1 aliphatic heterocycles. The lowest BCUT2D eigenvalue weighted by Gasteiger charge is -2.31. The van der Waals surface area contributed by atoms with E-state index in [0.29, 0.717) is 19.0 Å². The summed E-state index contributed by atoms with van der Waals surface area (Å²) in [5.41, 5.74) is 5.95. The Bertz CT molecular complexity index is 1240. The second kappa shape index (κ2) is 7.91. The summed E-state index contributed by atoms with van der Waals surface area (Å²) in [6.07, 6.45) is 1.75. The fraction of sp³-hybridized carbons (Fsp3) is 0.231. The molecule has 156 valence electrons. The average molecular weight is 412 g/mol. The summed E-state index contributed by atoms with van der Waals surface area (Å²) in [5.74, 6) is 1.55. The van der Waals surface area contributed by atoms with E-state index in [4.69, 9.17) is 0 Å². The van der Waals surface area contributed by atoms with Crippen molar-refractivity contribution >= 4 is 16.9 Å². The molecule has 31 heavy (non-hydrogen) atoms. The first-order chi connectivity index (χ1) is 15.1. The lowest BCUT2D eigenvalue weighted by molar-refractivity contribution is 0.0711. The summed E-state index contributed by atoms with van der Waals surface area (Å²) < 4.78 is 0. The van der Waals surface area contributed by atoms with Crippen molar-refractivity contribution in [3.63, 3.8) is 0 Å². The number of benzene rings is 3. The van der Waals surface area contributed by atoms with Gasteiger partial charge >= 0.3 is 0 Å². The normalized spacial score (nSPS) is 14.8. The number of aromatic amines is 1. The standard InChI is InChI=1S/C26H25N3O2/c1-17-3-2-4-21(15-17)18-5-7-20(8-6-18)26(31)29-13-11-19(12-14-29)25-27-23-10-9-22(30)16-24(23)28-25/h2-10,15-16,19,30H,11-14H2,1H3,(H,27,28). The number of H-pyrrole nitrogens is 1. The summed E-state index contributed by atoms with van der Waals surface area (Å²) >= 11 is 0. The first kappa shape index (κ1) is 19.4. The van der Waals surface area contributed by atoms with Crippen LogP contribution in [-0.2, 0) is 0 Å². The minimum atomic E-state index is 0.0868. The van der Waals surface area contributed by atoms with Crippen LogP contribution in [0.25, 0.3) is 22.2 Å². The van der Waals surface area contributed by atoms with E-state index in [-0.39, 0.29) is 11.7 Å². The number of nitrogens with zero attached hydrogens (tertiary/aromatic N) is 2. The predicted molar refractivity (Wildman–Crippen MR) is 122 cm³/mol. The highest BCUT2D eigenvalue weighted by atomic mass is 16.3. The number of hydrogen-bond acceptors (Lipinski definition) is 3. The average Bonchev–Trinajstić information content (AvgIpc) is 3.22. The fourth-order valence-corrected chi connectivity index (χ4v) is 4.38. The molecule has 1 aliphatic rings. The van der Waals surface area contributed by atoms with Gasteiger partial charge in [-0.05, 0) is 55.2 Å². The van der Waals surface area contributed by atoms with E-state index in [2.05, 4.69) is 41.2 Å². The summed E-state index contributed by atoms with van der Waals surface area (Å²) in [6, 6.07) is 21.5. The van der Waals surface area contributed by atoms with Gasteiger partial charge in [-0.15, -0.1) is 0 Å². The van der Waals surface area contributed by atoms with Crippen LogP contribution in [0.1, 0.15) is 40.5 Å². The Kier molecular flexibility index (Phi) is 4.94. The Morgan fingerprint density at radius 3 is 2.52 bits per heavy atom. The molecule has 5 nitrogen and oxygen atoms in total. The molecule has 0 aliphatic carbocycles. The van der Waals surface area contributed by atoms with Crippen molar-refractivity contribution < 1.29 is 9.90 Å². The van der Waals surface area contributed by atoms with Gasteiger partial charge in [-0.2, -0.15) is 0 Å². The number of rotatable bonds is 3. The first-order valence-corrected chi connectivity index (χ1v) is 10.7. The van der Waals surface area contributed by atoms with Crippen LogP contribution >= 0.6 is 0 Å². The number of aromatic hydroxyl groups is 1. The number of piperidine rings is 1. The Hall–Kier alpha value is -3.60. The van der Waals surface area contributed by atoms with Crippen LogP contribution in [0, 0.1) is 6.92 Å². The van der Waals surface area contributed by atoms with Gasteiger partial charge in [0, 0.05) is 30.6 Å². The molecule has 0 spiro atoms. The number of hydrogen-bond donors (Lipinski definition) is 2. The molecule has 5 rings (SSSR count). The van der Waals surface area contributed by atoms with Gasteiger partial charge in [-0.3, -0.25) is 4.79 Å². The molecule has 0 radical (unpaired) electrons. The zero-order valence-corrected chi connectivity index (χ0v) is 17.5. The van der Waals surface area contributed by atoms with E-state index >= 15 is 0 Å². The van der Waals surface area contributed by atoms with Gasteiger partial charge in [0.15, 0.2) is 0 Å². The molecular formula is C26H25N3O2. The van der Waals surface area contributed by atoms with Gasteiger partial charge in [-0.1, -0.05) is 42.0 Å². The minimum absolute atomic E-state index is 0.0868. The monoisotopic (exact) mass is 411 g/mol. The van der Waals surface area contributed by atoms with E-state index < -0.39 is 0 Å². The highest BCUT2D eigenvalue weighted by molar-refractivity contribution is 5.94. The van der Waals surface area contributed by atoms with Crippen molar-refractivity contribution in [2.75, 3.05) is 13.1 Å². The molecular weight excluding hydrogens is 386 g/mol. The van der Waals surface area contributed by atoms with Crippen molar-refractivity contribution in [1.29, 1.82) is 0 Å². The van der Waals surface area contributed by atoms with Crippen LogP contribution < -0.4 is 0 Å². The third-order valence-corrected chi connectivity index (χ3v) is 6.14. The summed E-state index contributed by atoms with van der Waals surface area (Å²) in [6.45, 7) is 3.51. The molecule has 0 bridgehead atoms. The van der Waals surface area contributed by atoms with Crippen molar-refractivity contribution in [3.05, 3.63) is 83.7 Å². The molecule has 0 atom stereocenters. The van der Waals surface area contributed by atoms with Gasteiger partial charge < -0.3 is 15.0 Å². The predicted octanol–water partition coefficient (Wildman–Crippen LogP) is 5.26. The molecule has 3 aromatic carbocycles. The number of fused-ring (bicyclic) bond motifs is 1. The summed E-state index contributed by atoms with van der Waals surface area (Å²) in [5, 5.41) is 9.66. The molecule has 5 heteroatoms. The van der Waals surface area contributed by atoms with Crippen molar-refractivity contribution in [3.8, 4) is 16.9 Å². The molecule has 4 aromatic rings. The van der Waals surface area contributed by atoms with Gasteiger partial charge in [0.05, 0.1) is 11.0 Å². The molecule has 1 fully saturated rings. The molecule has 0 unspecified atom stereocenters. The molecule has 0 saturated carbocycles. The minimum Gasteiger partial charge on any atom is -0.508 e. The second-order valence-electron chi connectivity index (χ2n) is 8.34. The molecule has 2 N–H and O–H groups in total. The highest BCUT2D eigenvalue weighted by Crippen LogP contribution is 2.29. The lowest BCUT2D eigenvalue weighted by atomic mass is 9.95. The number of phenolic OH excluding ortho intramolecular Hbond substituents is 1. The van der Waals surface area contributed by atoms with Crippen LogP contribution in [0.5, 0.6) is 5.75 Å². The summed E-state index contributed by atoms with van der Waals surface area (Å²) in [4.78, 5) is 22.9. The van der Waals surface area contributed by atoms with Crippen LogP contribution in [0.2, 0.25) is 0 Å². The van der Waals surface area contributed by atoms with Crippen molar-refractivity contribution in [2.24, 2.45) is 0 Å². The van der Waals surface area contributed by atoms with E-state index in [1.807, 2.05) is 35.2 Å². The number of carbonyl (C=O) groups excluding carboxylic acids is 1. The zero-order chi connectivity index (χ0) is 21.4. The molecule has 1 saturated heterocycles. The van der Waals surface area contributed by atoms with Gasteiger partial charge in [0.25, 0.3) is 5.91 Å². The zero-order valence-electron chi connectivity index (χ0n) is 17.5. The van der Waals surface area contributed by atoms with Gasteiger partial charge in [-0.25, -0.2) is 4.98 Å². The third-order valence-electron chi connectivity index (χ3n) is 6.14. The van der Waals surface area contributed by atoms with Crippen LogP contribution in [0.4, 0.5) is 0 Å². The Labute approximate surface area is 181 Å². The number of phenols is 1. The summed E-state index contributed by atoms with van der Waals surface area (Å²) in [7, 11) is 0. The quantitative estimate of drug-likeness (QED) is 0.483. The van der Waals surface area contributed by atoms with Gasteiger partial charge in [0.1, 0.15) is 11.6 Å². The number of likely N-dealkylation sites (tertiary alicyclic amines) is 1. The number of amides is 1. The van der Waals surface area contributed by atoms with Crippen LogP contribution in [-0.4, -0.2) is 39.0 Å². The topological polar surface area (TPSA) is 69.2 Å². The van der Waals surface area contributed by atoms with E-state index in [9.17, 15) is 9.90 Å². The number of nitrogens with one attached hydrogen (secondary N) is 1. The molecule has 1 aromatic heterocycles. The number of aromatic nitrogens is 2. The second-order valence-corrected chi connectivity index (χ2v) is 8.34. The third kappa shape index (κ3) is 3.91. The van der Waals surface area contributed by atoms with Crippen molar-refractivity contribution in [1.82, 2.24) is 14.9 Å². The SMILES string of the molecule is Cc1cccc(-c2ccc(C(=O)N3CCC(c4nc5ccc(O)cc5[nH]4)CC3)cc2)c1. The Morgan fingerprint density at radius 2 is 1.77 bits per heavy atom.